The lowest BCUT2D eigenvalue weighted by Crippen LogP contribution is -2.44. The van der Waals surface area contributed by atoms with Crippen molar-refractivity contribution in [2.75, 3.05) is 26.2 Å². The molecule has 0 radical (unpaired) electrons. The van der Waals surface area contributed by atoms with Crippen molar-refractivity contribution in [1.82, 2.24) is 9.21 Å². The van der Waals surface area contributed by atoms with Gasteiger partial charge in [0, 0.05) is 32.1 Å². The fourth-order valence-electron chi connectivity index (χ4n) is 3.28. The van der Waals surface area contributed by atoms with Gasteiger partial charge in [-0.15, -0.1) is 0 Å². The van der Waals surface area contributed by atoms with E-state index >= 15 is 0 Å². The molecule has 0 bridgehead atoms. The largest absolute Gasteiger partial charge is 0.343 e. The molecule has 6 heteroatoms. The maximum Gasteiger partial charge on any atom is 0.225 e. The van der Waals surface area contributed by atoms with Crippen molar-refractivity contribution in [3.63, 3.8) is 0 Å². The topological polar surface area (TPSA) is 57.7 Å². The molecule has 24 heavy (non-hydrogen) atoms. The van der Waals surface area contributed by atoms with E-state index in [1.54, 1.807) is 4.31 Å². The van der Waals surface area contributed by atoms with Gasteiger partial charge in [0.15, 0.2) is 0 Å². The molecular weight excluding hydrogens is 324 g/mol. The fraction of sp³-hybridized carbons (Fsp3) is 0.611. The lowest BCUT2D eigenvalue weighted by Gasteiger charge is -2.33. The highest BCUT2D eigenvalue weighted by atomic mass is 32.2. The van der Waals surface area contributed by atoms with Crippen LogP contribution in [0.2, 0.25) is 0 Å². The van der Waals surface area contributed by atoms with Gasteiger partial charge in [0.25, 0.3) is 0 Å². The molecule has 0 unspecified atom stereocenters. The number of aryl methyl sites for hydroxylation is 1. The first-order chi connectivity index (χ1) is 11.4. The van der Waals surface area contributed by atoms with Crippen molar-refractivity contribution in [1.29, 1.82) is 0 Å². The highest BCUT2D eigenvalue weighted by molar-refractivity contribution is 7.88. The molecule has 1 aromatic rings. The highest BCUT2D eigenvalue weighted by Crippen LogP contribution is 2.23. The molecule has 0 spiro atoms. The standard InChI is InChI=1S/C18H28N2O3S/c1-4-19(5-2)18(21)17-9-11-20(12-10-17)24(22,23)14-16-8-6-7-15(3)13-16/h6-8,13,17H,4-5,9-12,14H2,1-3H3. The van der Waals surface area contributed by atoms with Gasteiger partial charge in [-0.1, -0.05) is 29.8 Å². The predicted molar refractivity (Wildman–Crippen MR) is 96.0 cm³/mol. The molecule has 1 aromatic carbocycles. The van der Waals surface area contributed by atoms with Gasteiger partial charge < -0.3 is 4.90 Å². The second-order valence-corrected chi connectivity index (χ2v) is 8.40. The molecule has 2 rings (SSSR count). The Morgan fingerprint density at radius 3 is 2.38 bits per heavy atom. The van der Waals surface area contributed by atoms with Crippen LogP contribution in [0.25, 0.3) is 0 Å². The molecule has 134 valence electrons. The summed E-state index contributed by atoms with van der Waals surface area (Å²) < 4.78 is 26.8. The minimum Gasteiger partial charge on any atom is -0.343 e. The molecule has 1 saturated heterocycles. The molecule has 1 aliphatic rings. The van der Waals surface area contributed by atoms with E-state index < -0.39 is 10.0 Å². The van der Waals surface area contributed by atoms with Crippen molar-refractivity contribution in [3.05, 3.63) is 35.4 Å². The molecule has 1 amide bonds. The number of sulfonamides is 1. The zero-order valence-corrected chi connectivity index (χ0v) is 15.7. The summed E-state index contributed by atoms with van der Waals surface area (Å²) in [4.78, 5) is 14.2. The van der Waals surface area contributed by atoms with Crippen molar-refractivity contribution < 1.29 is 13.2 Å². The Morgan fingerprint density at radius 2 is 1.83 bits per heavy atom. The average Bonchev–Trinajstić information content (AvgIpc) is 2.55. The summed E-state index contributed by atoms with van der Waals surface area (Å²) in [6, 6.07) is 7.60. The molecular formula is C18H28N2O3S. The van der Waals surface area contributed by atoms with Crippen LogP contribution in [0.4, 0.5) is 0 Å². The number of piperidine rings is 1. The number of carbonyl (C=O) groups excluding carboxylic acids is 1. The van der Waals surface area contributed by atoms with E-state index in [9.17, 15) is 13.2 Å². The van der Waals surface area contributed by atoms with E-state index in [4.69, 9.17) is 0 Å². The lowest BCUT2D eigenvalue weighted by molar-refractivity contribution is -0.136. The quantitative estimate of drug-likeness (QED) is 0.790. The Balaban J connectivity index is 1.97. The Morgan fingerprint density at radius 1 is 1.21 bits per heavy atom. The summed E-state index contributed by atoms with van der Waals surface area (Å²) in [5, 5.41) is 0. The number of hydrogen-bond acceptors (Lipinski definition) is 3. The number of rotatable bonds is 6. The normalized spacial score (nSPS) is 17.0. The predicted octanol–water partition coefficient (Wildman–Crippen LogP) is 2.41. The summed E-state index contributed by atoms with van der Waals surface area (Å²) in [7, 11) is -3.33. The van der Waals surface area contributed by atoms with Crippen molar-refractivity contribution in [2.45, 2.75) is 39.4 Å². The van der Waals surface area contributed by atoms with Gasteiger partial charge in [0.2, 0.25) is 15.9 Å². The molecule has 1 aliphatic heterocycles. The Labute approximate surface area is 145 Å². The third kappa shape index (κ3) is 4.57. The maximum absolute atomic E-state index is 12.6. The van der Waals surface area contributed by atoms with Crippen LogP contribution in [0.15, 0.2) is 24.3 Å². The van der Waals surface area contributed by atoms with E-state index in [-0.39, 0.29) is 17.6 Å². The van der Waals surface area contributed by atoms with Crippen molar-refractivity contribution in [2.24, 2.45) is 5.92 Å². The molecule has 0 saturated carbocycles. The number of hydrogen-bond donors (Lipinski definition) is 0. The summed E-state index contributed by atoms with van der Waals surface area (Å²) in [6.45, 7) is 8.20. The minimum absolute atomic E-state index is 0.0311. The van der Waals surface area contributed by atoms with Crippen LogP contribution in [0.3, 0.4) is 0 Å². The van der Waals surface area contributed by atoms with Crippen molar-refractivity contribution >= 4 is 15.9 Å². The van der Waals surface area contributed by atoms with Crippen LogP contribution in [0, 0.1) is 12.8 Å². The average molecular weight is 353 g/mol. The first-order valence-corrected chi connectivity index (χ1v) is 10.3. The van der Waals surface area contributed by atoms with Gasteiger partial charge in [0.05, 0.1) is 5.75 Å². The number of benzene rings is 1. The van der Waals surface area contributed by atoms with Crippen LogP contribution in [-0.4, -0.2) is 49.7 Å². The van der Waals surface area contributed by atoms with E-state index in [0.29, 0.717) is 39.0 Å². The minimum atomic E-state index is -3.33. The second-order valence-electron chi connectivity index (χ2n) is 6.43. The van der Waals surface area contributed by atoms with Gasteiger partial charge in [-0.2, -0.15) is 0 Å². The molecule has 0 atom stereocenters. The molecule has 0 aliphatic carbocycles. The maximum atomic E-state index is 12.6. The summed E-state index contributed by atoms with van der Waals surface area (Å²) >= 11 is 0. The van der Waals surface area contributed by atoms with Crippen LogP contribution in [0.1, 0.15) is 37.8 Å². The van der Waals surface area contributed by atoms with Gasteiger partial charge in [-0.05, 0) is 39.2 Å². The zero-order chi connectivity index (χ0) is 17.7. The molecule has 0 N–H and O–H groups in total. The SMILES string of the molecule is CCN(CC)C(=O)C1CCN(S(=O)(=O)Cc2cccc(C)c2)CC1. The van der Waals surface area contributed by atoms with Gasteiger partial charge >= 0.3 is 0 Å². The third-order valence-electron chi connectivity index (χ3n) is 4.70. The smallest absolute Gasteiger partial charge is 0.225 e. The number of carbonyl (C=O) groups is 1. The van der Waals surface area contributed by atoms with E-state index in [0.717, 1.165) is 11.1 Å². The van der Waals surface area contributed by atoms with Crippen LogP contribution < -0.4 is 0 Å². The fourth-order valence-corrected chi connectivity index (χ4v) is 4.83. The van der Waals surface area contributed by atoms with Gasteiger partial charge in [0.1, 0.15) is 0 Å². The molecule has 0 aromatic heterocycles. The van der Waals surface area contributed by atoms with Crippen LogP contribution >= 0.6 is 0 Å². The van der Waals surface area contributed by atoms with Gasteiger partial charge in [-0.3, -0.25) is 4.79 Å². The van der Waals surface area contributed by atoms with E-state index in [1.165, 1.54) is 0 Å². The Bertz CT molecular complexity index is 661. The Kier molecular flexibility index (Phi) is 6.40. The summed E-state index contributed by atoms with van der Waals surface area (Å²) in [6.07, 6.45) is 1.23. The lowest BCUT2D eigenvalue weighted by atomic mass is 9.96. The Hall–Kier alpha value is -1.40. The summed E-state index contributed by atoms with van der Waals surface area (Å²) in [5.41, 5.74) is 1.88. The molecule has 1 fully saturated rings. The summed E-state index contributed by atoms with van der Waals surface area (Å²) in [5.74, 6) is 0.148. The first-order valence-electron chi connectivity index (χ1n) is 8.69. The second kappa shape index (κ2) is 8.12. The molecule has 5 nitrogen and oxygen atoms in total. The monoisotopic (exact) mass is 352 g/mol. The van der Waals surface area contributed by atoms with Crippen LogP contribution in [-0.2, 0) is 20.6 Å². The first kappa shape index (κ1) is 18.9. The molecule has 1 heterocycles. The number of amides is 1. The van der Waals surface area contributed by atoms with Crippen molar-refractivity contribution in [3.8, 4) is 0 Å². The highest BCUT2D eigenvalue weighted by Gasteiger charge is 2.32. The van der Waals surface area contributed by atoms with Crippen LogP contribution in [0.5, 0.6) is 0 Å². The number of nitrogens with zero attached hydrogens (tertiary/aromatic N) is 2. The van der Waals surface area contributed by atoms with E-state index in [2.05, 4.69) is 0 Å². The van der Waals surface area contributed by atoms with E-state index in [1.807, 2.05) is 49.9 Å². The zero-order valence-electron chi connectivity index (χ0n) is 14.9. The van der Waals surface area contributed by atoms with Gasteiger partial charge in [-0.25, -0.2) is 12.7 Å². The third-order valence-corrected chi connectivity index (χ3v) is 6.55.